The Morgan fingerprint density at radius 3 is 1.59 bits per heavy atom. The van der Waals surface area contributed by atoms with Crippen LogP contribution in [-0.4, -0.2) is 47.8 Å². The van der Waals surface area contributed by atoms with Gasteiger partial charge in [-0.25, -0.2) is 0 Å². The Morgan fingerprint density at radius 2 is 1.22 bits per heavy atom. The molecule has 0 saturated carbocycles. The second-order valence-electron chi connectivity index (χ2n) is 6.57. The maximum Gasteiger partial charge on any atom is 0.246 e. The molecule has 27 heavy (non-hydrogen) atoms. The minimum atomic E-state index is -0.0695. The zero-order chi connectivity index (χ0) is 19.2. The van der Waals surface area contributed by atoms with Crippen LogP contribution in [0.1, 0.15) is 29.5 Å². The summed E-state index contributed by atoms with van der Waals surface area (Å²) in [6.45, 7) is 6.01. The second-order valence-corrected chi connectivity index (χ2v) is 6.57. The molecule has 2 aromatic heterocycles. The van der Waals surface area contributed by atoms with Crippen LogP contribution < -0.4 is 0 Å². The monoisotopic (exact) mass is 368 g/mol. The second kappa shape index (κ2) is 8.58. The van der Waals surface area contributed by atoms with Crippen molar-refractivity contribution < 1.29 is 18.4 Å². The molecule has 0 bridgehead atoms. The molecule has 0 unspecified atom stereocenters. The average molecular weight is 368 g/mol. The van der Waals surface area contributed by atoms with Gasteiger partial charge >= 0.3 is 0 Å². The summed E-state index contributed by atoms with van der Waals surface area (Å²) < 4.78 is 10.9. The molecule has 0 atom stereocenters. The molecular formula is C21H24N2O4. The number of rotatable bonds is 4. The summed E-state index contributed by atoms with van der Waals surface area (Å²) in [5, 5.41) is 0. The van der Waals surface area contributed by atoms with E-state index >= 15 is 0 Å². The van der Waals surface area contributed by atoms with Crippen molar-refractivity contribution in [2.24, 2.45) is 0 Å². The molecule has 2 aromatic rings. The van der Waals surface area contributed by atoms with Crippen molar-refractivity contribution in [2.45, 2.75) is 20.3 Å². The number of amides is 2. The maximum absolute atomic E-state index is 12.4. The van der Waals surface area contributed by atoms with Gasteiger partial charge in [0.2, 0.25) is 11.8 Å². The summed E-state index contributed by atoms with van der Waals surface area (Å²) >= 11 is 0. The first-order chi connectivity index (χ1) is 13.0. The molecule has 0 N–H and O–H groups in total. The van der Waals surface area contributed by atoms with Crippen LogP contribution in [0.25, 0.3) is 12.2 Å². The van der Waals surface area contributed by atoms with Gasteiger partial charge in [0, 0.05) is 38.3 Å². The lowest BCUT2D eigenvalue weighted by Gasteiger charge is -2.20. The van der Waals surface area contributed by atoms with E-state index in [1.807, 2.05) is 38.1 Å². The molecule has 1 aliphatic rings. The molecule has 2 amide bonds. The van der Waals surface area contributed by atoms with Gasteiger partial charge in [0.25, 0.3) is 0 Å². The number of carbonyl (C=O) groups is 2. The lowest BCUT2D eigenvalue weighted by Crippen LogP contribution is -2.36. The molecule has 0 radical (unpaired) electrons. The predicted molar refractivity (Wildman–Crippen MR) is 103 cm³/mol. The van der Waals surface area contributed by atoms with Crippen LogP contribution in [0.15, 0.2) is 45.3 Å². The summed E-state index contributed by atoms with van der Waals surface area (Å²) in [7, 11) is 0. The normalized spacial score (nSPS) is 15.6. The quantitative estimate of drug-likeness (QED) is 0.777. The highest BCUT2D eigenvalue weighted by Crippen LogP contribution is 2.11. The summed E-state index contributed by atoms with van der Waals surface area (Å²) in [4.78, 5) is 28.3. The Hall–Kier alpha value is -3.02. The van der Waals surface area contributed by atoms with Crippen LogP contribution in [0, 0.1) is 13.8 Å². The number of hydrogen-bond donors (Lipinski definition) is 0. The lowest BCUT2D eigenvalue weighted by molar-refractivity contribution is -0.128. The van der Waals surface area contributed by atoms with E-state index in [4.69, 9.17) is 8.83 Å². The van der Waals surface area contributed by atoms with E-state index in [2.05, 4.69) is 0 Å². The van der Waals surface area contributed by atoms with Crippen LogP contribution in [0.3, 0.4) is 0 Å². The van der Waals surface area contributed by atoms with Crippen molar-refractivity contribution in [3.05, 3.63) is 59.5 Å². The van der Waals surface area contributed by atoms with E-state index in [0.717, 1.165) is 17.9 Å². The van der Waals surface area contributed by atoms with E-state index in [-0.39, 0.29) is 11.8 Å². The van der Waals surface area contributed by atoms with Crippen molar-refractivity contribution >= 4 is 24.0 Å². The standard InChI is InChI=1S/C21H24N2O4/c1-16-4-6-18(26-16)8-10-20(24)22-12-3-13-23(15-14-22)21(25)11-9-19-7-5-17(2)27-19/h4-11H,3,12-15H2,1-2H3. The topological polar surface area (TPSA) is 66.9 Å². The minimum absolute atomic E-state index is 0.0695. The van der Waals surface area contributed by atoms with Crippen LogP contribution in [0.5, 0.6) is 0 Å². The number of furan rings is 2. The highest BCUT2D eigenvalue weighted by molar-refractivity contribution is 5.92. The molecule has 1 fully saturated rings. The first kappa shape index (κ1) is 18.8. The molecule has 1 saturated heterocycles. The molecule has 1 aliphatic heterocycles. The van der Waals surface area contributed by atoms with Gasteiger partial charge in [0.1, 0.15) is 23.0 Å². The van der Waals surface area contributed by atoms with Gasteiger partial charge < -0.3 is 18.6 Å². The molecule has 0 aromatic carbocycles. The smallest absolute Gasteiger partial charge is 0.246 e. The summed E-state index contributed by atoms with van der Waals surface area (Å²) in [5.74, 6) is 2.80. The zero-order valence-electron chi connectivity index (χ0n) is 15.7. The molecule has 3 rings (SSSR count). The van der Waals surface area contributed by atoms with Crippen molar-refractivity contribution in [1.29, 1.82) is 0 Å². The molecule has 142 valence electrons. The van der Waals surface area contributed by atoms with Crippen LogP contribution >= 0.6 is 0 Å². The maximum atomic E-state index is 12.4. The molecule has 6 nitrogen and oxygen atoms in total. The predicted octanol–water partition coefficient (Wildman–Crippen LogP) is 3.28. The number of nitrogens with zero attached hydrogens (tertiary/aromatic N) is 2. The average Bonchev–Trinajstić information content (AvgIpc) is 3.17. The first-order valence-corrected chi connectivity index (χ1v) is 9.08. The van der Waals surface area contributed by atoms with Crippen molar-refractivity contribution in [1.82, 2.24) is 9.80 Å². The Labute approximate surface area is 158 Å². The molecule has 3 heterocycles. The number of aryl methyl sites for hydroxylation is 2. The largest absolute Gasteiger partial charge is 0.462 e. The van der Waals surface area contributed by atoms with Gasteiger partial charge in [-0.3, -0.25) is 9.59 Å². The first-order valence-electron chi connectivity index (χ1n) is 9.08. The third-order valence-electron chi connectivity index (χ3n) is 4.42. The van der Waals surface area contributed by atoms with Gasteiger partial charge in [-0.15, -0.1) is 0 Å². The summed E-state index contributed by atoms with van der Waals surface area (Å²) in [6.07, 6.45) is 7.15. The lowest BCUT2D eigenvalue weighted by atomic mass is 10.3. The fourth-order valence-corrected chi connectivity index (χ4v) is 2.96. The highest BCUT2D eigenvalue weighted by atomic mass is 16.3. The van der Waals surface area contributed by atoms with E-state index in [0.29, 0.717) is 37.7 Å². The van der Waals surface area contributed by atoms with Crippen LogP contribution in [-0.2, 0) is 9.59 Å². The van der Waals surface area contributed by atoms with Gasteiger partial charge in [-0.1, -0.05) is 0 Å². The zero-order valence-corrected chi connectivity index (χ0v) is 15.7. The van der Waals surface area contributed by atoms with E-state index in [1.54, 1.807) is 22.0 Å². The van der Waals surface area contributed by atoms with E-state index in [1.165, 1.54) is 12.2 Å². The Bertz CT molecular complexity index is 789. The van der Waals surface area contributed by atoms with E-state index in [9.17, 15) is 9.59 Å². The Balaban J connectivity index is 1.53. The van der Waals surface area contributed by atoms with Crippen molar-refractivity contribution in [3.63, 3.8) is 0 Å². The number of hydrogen-bond acceptors (Lipinski definition) is 4. The number of carbonyl (C=O) groups excluding carboxylic acids is 2. The molecule has 0 aliphatic carbocycles. The van der Waals surface area contributed by atoms with Gasteiger partial charge in [0.05, 0.1) is 0 Å². The Morgan fingerprint density at radius 1 is 0.778 bits per heavy atom. The fraction of sp³-hybridized carbons (Fsp3) is 0.333. The van der Waals surface area contributed by atoms with Gasteiger partial charge in [-0.2, -0.15) is 0 Å². The Kier molecular flexibility index (Phi) is 5.96. The van der Waals surface area contributed by atoms with Gasteiger partial charge in [-0.05, 0) is 56.7 Å². The third kappa shape index (κ3) is 5.23. The van der Waals surface area contributed by atoms with Crippen molar-refractivity contribution in [3.8, 4) is 0 Å². The van der Waals surface area contributed by atoms with Crippen LogP contribution in [0.4, 0.5) is 0 Å². The third-order valence-corrected chi connectivity index (χ3v) is 4.42. The van der Waals surface area contributed by atoms with Crippen LogP contribution in [0.2, 0.25) is 0 Å². The van der Waals surface area contributed by atoms with E-state index < -0.39 is 0 Å². The van der Waals surface area contributed by atoms with Gasteiger partial charge in [0.15, 0.2) is 0 Å². The molecule has 0 spiro atoms. The summed E-state index contributed by atoms with van der Waals surface area (Å²) in [5.41, 5.74) is 0. The molecule has 6 heteroatoms. The molecular weight excluding hydrogens is 344 g/mol. The SMILES string of the molecule is Cc1ccc(C=CC(=O)N2CCCN(C(=O)C=Cc3ccc(C)o3)CC2)o1. The highest BCUT2D eigenvalue weighted by Gasteiger charge is 2.19. The fourth-order valence-electron chi connectivity index (χ4n) is 2.96. The summed E-state index contributed by atoms with van der Waals surface area (Å²) in [6, 6.07) is 7.37. The minimum Gasteiger partial charge on any atom is -0.462 e. The van der Waals surface area contributed by atoms with Crippen molar-refractivity contribution in [2.75, 3.05) is 26.2 Å².